The lowest BCUT2D eigenvalue weighted by molar-refractivity contribution is 0.441. The fraction of sp³-hybridized carbons (Fsp3) is 0.0714. The average molecular weight is 341 g/mol. The molecule has 2 aromatic rings. The molecule has 5 heteroatoms. The Kier molecular flexibility index (Phi) is 4.41. The third-order valence-corrected chi connectivity index (χ3v) is 3.39. The number of rotatable bonds is 3. The van der Waals surface area contributed by atoms with Crippen LogP contribution in [0.15, 0.2) is 42.5 Å². The zero-order valence-corrected chi connectivity index (χ0v) is 12.0. The molecule has 2 rings (SSSR count). The number of halogens is 3. The predicted octanol–water partition coefficient (Wildman–Crippen LogP) is 5.23. The van der Waals surface area contributed by atoms with E-state index in [1.54, 1.807) is 24.3 Å². The third kappa shape index (κ3) is 3.46. The van der Waals surface area contributed by atoms with E-state index in [4.69, 9.17) is 21.6 Å². The summed E-state index contributed by atoms with van der Waals surface area (Å²) in [5, 5.41) is 9.40. The van der Waals surface area contributed by atoms with Crippen molar-refractivity contribution in [3.63, 3.8) is 0 Å². The standard InChI is InChI=1S/C14H8BrClFNO/c15-12(8-18)9-1-6-13(17)14(7-9)19-11-4-2-10(16)3-5-11/h1-7,12H. The Morgan fingerprint density at radius 2 is 1.89 bits per heavy atom. The highest BCUT2D eigenvalue weighted by Crippen LogP contribution is 2.30. The molecule has 1 atom stereocenters. The number of hydrogen-bond donors (Lipinski definition) is 0. The molecule has 0 fully saturated rings. The van der Waals surface area contributed by atoms with Crippen molar-refractivity contribution in [3.05, 3.63) is 58.9 Å². The van der Waals surface area contributed by atoms with Crippen LogP contribution in [0, 0.1) is 17.1 Å². The quantitative estimate of drug-likeness (QED) is 0.717. The number of ether oxygens (including phenoxy) is 1. The highest BCUT2D eigenvalue weighted by molar-refractivity contribution is 9.09. The molecule has 96 valence electrons. The Hall–Kier alpha value is -1.57. The van der Waals surface area contributed by atoms with Crippen molar-refractivity contribution in [2.45, 2.75) is 4.83 Å². The van der Waals surface area contributed by atoms with Crippen LogP contribution in [0.1, 0.15) is 10.4 Å². The number of hydrogen-bond acceptors (Lipinski definition) is 2. The lowest BCUT2D eigenvalue weighted by atomic mass is 10.1. The molecule has 2 nitrogen and oxygen atoms in total. The second kappa shape index (κ2) is 6.05. The van der Waals surface area contributed by atoms with E-state index in [0.717, 1.165) is 0 Å². The maximum Gasteiger partial charge on any atom is 0.165 e. The maximum atomic E-state index is 13.7. The summed E-state index contributed by atoms with van der Waals surface area (Å²) in [6.07, 6.45) is 0. The van der Waals surface area contributed by atoms with Crippen LogP contribution in [0.3, 0.4) is 0 Å². The summed E-state index contributed by atoms with van der Waals surface area (Å²) in [6, 6.07) is 12.9. The number of nitriles is 1. The van der Waals surface area contributed by atoms with Crippen molar-refractivity contribution in [3.8, 4) is 17.6 Å². The first-order chi connectivity index (χ1) is 9.10. The van der Waals surface area contributed by atoms with Crippen LogP contribution in [0.25, 0.3) is 0 Å². The van der Waals surface area contributed by atoms with Crippen molar-refractivity contribution in [1.29, 1.82) is 5.26 Å². The van der Waals surface area contributed by atoms with Crippen molar-refractivity contribution in [1.82, 2.24) is 0 Å². The van der Waals surface area contributed by atoms with E-state index in [0.29, 0.717) is 16.3 Å². The smallest absolute Gasteiger partial charge is 0.165 e. The number of nitrogens with zero attached hydrogens (tertiary/aromatic N) is 1. The molecular formula is C14H8BrClFNO. The van der Waals surface area contributed by atoms with Gasteiger partial charge in [-0.05, 0) is 42.0 Å². The van der Waals surface area contributed by atoms with Gasteiger partial charge < -0.3 is 4.74 Å². The van der Waals surface area contributed by atoms with Gasteiger partial charge in [0.25, 0.3) is 0 Å². The van der Waals surface area contributed by atoms with Gasteiger partial charge in [0.05, 0.1) is 6.07 Å². The first kappa shape index (κ1) is 13.9. The van der Waals surface area contributed by atoms with E-state index in [9.17, 15) is 4.39 Å². The average Bonchev–Trinajstić information content (AvgIpc) is 2.43. The molecular weight excluding hydrogens is 333 g/mol. The molecule has 0 aromatic heterocycles. The van der Waals surface area contributed by atoms with Crippen LogP contribution in [0.2, 0.25) is 5.02 Å². The lowest BCUT2D eigenvalue weighted by Crippen LogP contribution is -1.92. The Balaban J connectivity index is 2.29. The minimum atomic E-state index is -0.499. The Morgan fingerprint density at radius 3 is 2.53 bits per heavy atom. The summed E-state index contributed by atoms with van der Waals surface area (Å²) in [5.41, 5.74) is 0.632. The van der Waals surface area contributed by atoms with Crippen LogP contribution in [0.4, 0.5) is 4.39 Å². The molecule has 0 N–H and O–H groups in total. The van der Waals surface area contributed by atoms with Gasteiger partial charge in [-0.25, -0.2) is 4.39 Å². The highest BCUT2D eigenvalue weighted by atomic mass is 79.9. The zero-order chi connectivity index (χ0) is 13.8. The molecule has 0 radical (unpaired) electrons. The monoisotopic (exact) mass is 339 g/mol. The van der Waals surface area contributed by atoms with Gasteiger partial charge in [0.1, 0.15) is 10.6 Å². The minimum Gasteiger partial charge on any atom is -0.454 e. The minimum absolute atomic E-state index is 0.0690. The molecule has 0 saturated carbocycles. The molecule has 0 spiro atoms. The fourth-order valence-electron chi connectivity index (χ4n) is 1.46. The van der Waals surface area contributed by atoms with E-state index in [2.05, 4.69) is 15.9 Å². The molecule has 0 aliphatic heterocycles. The van der Waals surface area contributed by atoms with Gasteiger partial charge in [-0.3, -0.25) is 0 Å². The first-order valence-corrected chi connectivity index (χ1v) is 6.66. The SMILES string of the molecule is N#CC(Br)c1ccc(F)c(Oc2ccc(Cl)cc2)c1. The van der Waals surface area contributed by atoms with E-state index in [-0.39, 0.29) is 5.75 Å². The van der Waals surface area contributed by atoms with Gasteiger partial charge in [0, 0.05) is 5.02 Å². The van der Waals surface area contributed by atoms with E-state index in [1.807, 2.05) is 6.07 Å². The van der Waals surface area contributed by atoms with Gasteiger partial charge in [0.15, 0.2) is 11.6 Å². The molecule has 1 unspecified atom stereocenters. The summed E-state index contributed by atoms with van der Waals surface area (Å²) in [5.74, 6) is 0.0550. The largest absolute Gasteiger partial charge is 0.454 e. The highest BCUT2D eigenvalue weighted by Gasteiger charge is 2.11. The summed E-state index contributed by atoms with van der Waals surface area (Å²) in [7, 11) is 0. The molecule has 0 heterocycles. The summed E-state index contributed by atoms with van der Waals surface area (Å²) in [6.45, 7) is 0. The van der Waals surface area contributed by atoms with Gasteiger partial charge in [0.2, 0.25) is 0 Å². The Labute approximate surface area is 123 Å². The molecule has 0 saturated heterocycles. The molecule has 0 aliphatic rings. The summed E-state index contributed by atoms with van der Waals surface area (Å²) >= 11 is 8.94. The van der Waals surface area contributed by atoms with Crippen LogP contribution in [-0.4, -0.2) is 0 Å². The van der Waals surface area contributed by atoms with Crippen molar-refractivity contribution < 1.29 is 9.13 Å². The predicted molar refractivity (Wildman–Crippen MR) is 75.2 cm³/mol. The maximum absolute atomic E-state index is 13.7. The second-order valence-electron chi connectivity index (χ2n) is 3.74. The summed E-state index contributed by atoms with van der Waals surface area (Å²) < 4.78 is 19.1. The second-order valence-corrected chi connectivity index (χ2v) is 5.09. The fourth-order valence-corrected chi connectivity index (χ4v) is 1.87. The third-order valence-electron chi connectivity index (χ3n) is 2.40. The van der Waals surface area contributed by atoms with Crippen LogP contribution >= 0.6 is 27.5 Å². The zero-order valence-electron chi connectivity index (χ0n) is 9.61. The van der Waals surface area contributed by atoms with Gasteiger partial charge in [-0.2, -0.15) is 5.26 Å². The van der Waals surface area contributed by atoms with Crippen LogP contribution < -0.4 is 4.74 Å². The van der Waals surface area contributed by atoms with E-state index >= 15 is 0 Å². The van der Waals surface area contributed by atoms with E-state index in [1.165, 1.54) is 18.2 Å². The topological polar surface area (TPSA) is 33.0 Å². The van der Waals surface area contributed by atoms with Gasteiger partial charge in [-0.1, -0.05) is 33.6 Å². The molecule has 0 amide bonds. The lowest BCUT2D eigenvalue weighted by Gasteiger charge is -2.09. The van der Waals surface area contributed by atoms with Crippen molar-refractivity contribution >= 4 is 27.5 Å². The van der Waals surface area contributed by atoms with Crippen LogP contribution in [-0.2, 0) is 0 Å². The van der Waals surface area contributed by atoms with Gasteiger partial charge in [-0.15, -0.1) is 0 Å². The molecule has 19 heavy (non-hydrogen) atoms. The van der Waals surface area contributed by atoms with E-state index < -0.39 is 10.6 Å². The van der Waals surface area contributed by atoms with Crippen molar-refractivity contribution in [2.24, 2.45) is 0 Å². The Bertz CT molecular complexity index is 624. The molecule has 0 bridgehead atoms. The number of benzene rings is 2. The first-order valence-electron chi connectivity index (χ1n) is 5.36. The molecule has 0 aliphatic carbocycles. The normalized spacial score (nSPS) is 11.7. The molecule has 2 aromatic carbocycles. The van der Waals surface area contributed by atoms with Gasteiger partial charge >= 0.3 is 0 Å². The summed E-state index contributed by atoms with van der Waals surface area (Å²) in [4.78, 5) is -0.499. The van der Waals surface area contributed by atoms with Crippen molar-refractivity contribution in [2.75, 3.05) is 0 Å². The Morgan fingerprint density at radius 1 is 1.21 bits per heavy atom. The number of alkyl halides is 1. The van der Waals surface area contributed by atoms with Crippen LogP contribution in [0.5, 0.6) is 11.5 Å².